The van der Waals surface area contributed by atoms with Gasteiger partial charge in [0.1, 0.15) is 5.70 Å². The minimum atomic E-state index is -0.503. The van der Waals surface area contributed by atoms with Crippen LogP contribution in [0.2, 0.25) is 0 Å². The quantitative estimate of drug-likeness (QED) is 0.250. The van der Waals surface area contributed by atoms with Gasteiger partial charge in [-0.1, -0.05) is 66.7 Å². The van der Waals surface area contributed by atoms with Gasteiger partial charge in [0.15, 0.2) is 0 Å². The molecule has 1 aliphatic heterocycles. The number of anilines is 1. The molecule has 0 unspecified atom stereocenters. The molecule has 0 bridgehead atoms. The highest BCUT2D eigenvalue weighted by molar-refractivity contribution is 6.36. The Morgan fingerprint density at radius 2 is 1.44 bits per heavy atom. The van der Waals surface area contributed by atoms with Gasteiger partial charge in [0.2, 0.25) is 0 Å². The molecule has 166 valence electrons. The van der Waals surface area contributed by atoms with Crippen molar-refractivity contribution in [2.45, 2.75) is 6.54 Å². The van der Waals surface area contributed by atoms with E-state index < -0.39 is 16.7 Å². The molecule has 5 rings (SSSR count). The smallest absolute Gasteiger partial charge is 0.278 e. The molecular formula is C27H19N3O4. The largest absolute Gasteiger partial charge is 0.350 e. The summed E-state index contributed by atoms with van der Waals surface area (Å²) in [5.41, 5.74) is 2.18. The molecule has 0 aliphatic carbocycles. The summed E-state index contributed by atoms with van der Waals surface area (Å²) in [4.78, 5) is 38.8. The predicted octanol–water partition coefficient (Wildman–Crippen LogP) is 5.14. The number of benzene rings is 4. The zero-order chi connectivity index (χ0) is 23.7. The first-order valence-corrected chi connectivity index (χ1v) is 10.7. The van der Waals surface area contributed by atoms with E-state index in [1.807, 2.05) is 72.8 Å². The monoisotopic (exact) mass is 449 g/mol. The normalized spacial score (nSPS) is 13.6. The standard InChI is InChI=1S/C27H19N3O4/c31-26-24(20-13-15-21(16-14-20)30(33)34)25(27(32)29(26)17-18-7-2-1-3-8-18)28-23-12-6-10-19-9-4-5-11-22(19)23/h1-16,28H,17H2. The van der Waals surface area contributed by atoms with Crippen LogP contribution in [0.1, 0.15) is 11.1 Å². The molecule has 2 amide bonds. The average molecular weight is 449 g/mol. The molecule has 1 heterocycles. The third-order valence-corrected chi connectivity index (χ3v) is 5.77. The topological polar surface area (TPSA) is 92.5 Å². The van der Waals surface area contributed by atoms with Crippen molar-refractivity contribution in [3.63, 3.8) is 0 Å². The van der Waals surface area contributed by atoms with Gasteiger partial charge in [-0.2, -0.15) is 0 Å². The maximum absolute atomic E-state index is 13.5. The number of nitro groups is 1. The van der Waals surface area contributed by atoms with Crippen LogP contribution in [-0.2, 0) is 16.1 Å². The Balaban J connectivity index is 1.60. The first-order chi connectivity index (χ1) is 16.5. The maximum Gasteiger partial charge on any atom is 0.278 e. The number of carbonyl (C=O) groups is 2. The van der Waals surface area contributed by atoms with Crippen molar-refractivity contribution in [2.75, 3.05) is 5.32 Å². The molecule has 0 saturated carbocycles. The molecule has 0 spiro atoms. The predicted molar refractivity (Wildman–Crippen MR) is 130 cm³/mol. The number of nitrogens with zero attached hydrogens (tertiary/aromatic N) is 2. The van der Waals surface area contributed by atoms with Crippen LogP contribution in [0.5, 0.6) is 0 Å². The third kappa shape index (κ3) is 3.80. The summed E-state index contributed by atoms with van der Waals surface area (Å²) in [6.45, 7) is 0.121. The lowest BCUT2D eigenvalue weighted by atomic mass is 10.0. The van der Waals surface area contributed by atoms with Gasteiger partial charge in [-0.25, -0.2) is 0 Å². The lowest BCUT2D eigenvalue weighted by Gasteiger charge is -2.15. The number of non-ortho nitro benzene ring substituents is 1. The SMILES string of the molecule is O=C1C(Nc2cccc3ccccc23)=C(c2ccc([N+](=O)[O-])cc2)C(=O)N1Cc1ccccc1. The van der Waals surface area contributed by atoms with Crippen LogP contribution >= 0.6 is 0 Å². The van der Waals surface area contributed by atoms with Crippen molar-refractivity contribution >= 4 is 39.5 Å². The van der Waals surface area contributed by atoms with Crippen molar-refractivity contribution < 1.29 is 14.5 Å². The Morgan fingerprint density at radius 3 is 2.18 bits per heavy atom. The van der Waals surface area contributed by atoms with Crippen LogP contribution < -0.4 is 5.32 Å². The zero-order valence-corrected chi connectivity index (χ0v) is 18.0. The molecule has 0 aromatic heterocycles. The first kappa shape index (κ1) is 21.1. The molecule has 1 N–H and O–H groups in total. The van der Waals surface area contributed by atoms with Crippen molar-refractivity contribution in [3.05, 3.63) is 124 Å². The van der Waals surface area contributed by atoms with Gasteiger partial charge in [-0.3, -0.25) is 24.6 Å². The first-order valence-electron chi connectivity index (χ1n) is 10.7. The van der Waals surface area contributed by atoms with Gasteiger partial charge in [0, 0.05) is 23.2 Å². The van der Waals surface area contributed by atoms with E-state index in [-0.39, 0.29) is 23.5 Å². The number of hydrogen-bond donors (Lipinski definition) is 1. The summed E-state index contributed by atoms with van der Waals surface area (Å²) < 4.78 is 0. The number of fused-ring (bicyclic) bond motifs is 1. The molecule has 7 nitrogen and oxygen atoms in total. The fourth-order valence-corrected chi connectivity index (χ4v) is 4.09. The molecular weight excluding hydrogens is 430 g/mol. The Bertz CT molecular complexity index is 1460. The van der Waals surface area contributed by atoms with E-state index in [4.69, 9.17) is 0 Å². The Kier molecular flexibility index (Phi) is 5.35. The van der Waals surface area contributed by atoms with Crippen LogP contribution in [-0.4, -0.2) is 21.6 Å². The van der Waals surface area contributed by atoms with E-state index in [1.165, 1.54) is 29.2 Å². The Morgan fingerprint density at radius 1 is 0.765 bits per heavy atom. The molecule has 0 radical (unpaired) electrons. The summed E-state index contributed by atoms with van der Waals surface area (Å²) in [7, 11) is 0. The molecule has 34 heavy (non-hydrogen) atoms. The average Bonchev–Trinajstić information content (AvgIpc) is 3.09. The second-order valence-electron chi connectivity index (χ2n) is 7.89. The van der Waals surface area contributed by atoms with Crippen LogP contribution in [0.15, 0.2) is 103 Å². The van der Waals surface area contributed by atoms with E-state index in [1.54, 1.807) is 0 Å². The van der Waals surface area contributed by atoms with E-state index in [2.05, 4.69) is 5.32 Å². The molecule has 0 atom stereocenters. The number of imide groups is 1. The van der Waals surface area contributed by atoms with Gasteiger partial charge in [0.25, 0.3) is 17.5 Å². The molecule has 1 aliphatic rings. The Labute approximate surface area is 195 Å². The maximum atomic E-state index is 13.5. The second-order valence-corrected chi connectivity index (χ2v) is 7.89. The summed E-state index contributed by atoms with van der Waals surface area (Å²) in [6, 6.07) is 28.3. The van der Waals surface area contributed by atoms with Gasteiger partial charge in [0.05, 0.1) is 17.0 Å². The van der Waals surface area contributed by atoms with E-state index >= 15 is 0 Å². The lowest BCUT2D eigenvalue weighted by molar-refractivity contribution is -0.384. The lowest BCUT2D eigenvalue weighted by Crippen LogP contribution is -2.32. The van der Waals surface area contributed by atoms with Crippen LogP contribution in [0.25, 0.3) is 16.3 Å². The summed E-state index contributed by atoms with van der Waals surface area (Å²) in [6.07, 6.45) is 0. The summed E-state index contributed by atoms with van der Waals surface area (Å²) in [5, 5.41) is 16.2. The van der Waals surface area contributed by atoms with E-state index in [9.17, 15) is 19.7 Å². The summed E-state index contributed by atoms with van der Waals surface area (Å²) in [5.74, 6) is -0.902. The number of nitrogens with one attached hydrogen (secondary N) is 1. The highest BCUT2D eigenvalue weighted by atomic mass is 16.6. The highest BCUT2D eigenvalue weighted by Gasteiger charge is 2.39. The number of carbonyl (C=O) groups excluding carboxylic acids is 2. The van der Waals surface area contributed by atoms with Crippen molar-refractivity contribution in [2.24, 2.45) is 0 Å². The van der Waals surface area contributed by atoms with E-state index in [0.717, 1.165) is 16.3 Å². The van der Waals surface area contributed by atoms with Crippen LogP contribution in [0.4, 0.5) is 11.4 Å². The second kappa shape index (κ2) is 8.63. The number of amides is 2. The summed E-state index contributed by atoms with van der Waals surface area (Å²) >= 11 is 0. The van der Waals surface area contributed by atoms with Crippen LogP contribution in [0.3, 0.4) is 0 Å². The highest BCUT2D eigenvalue weighted by Crippen LogP contribution is 2.34. The van der Waals surface area contributed by atoms with Crippen LogP contribution in [0, 0.1) is 10.1 Å². The number of nitro benzene ring substituents is 1. The van der Waals surface area contributed by atoms with Gasteiger partial charge in [-0.05, 0) is 34.7 Å². The van der Waals surface area contributed by atoms with Crippen molar-refractivity contribution in [3.8, 4) is 0 Å². The zero-order valence-electron chi connectivity index (χ0n) is 18.0. The minimum absolute atomic E-state index is 0.0918. The molecule has 4 aromatic carbocycles. The number of hydrogen-bond acceptors (Lipinski definition) is 5. The molecule has 7 heteroatoms. The van der Waals surface area contributed by atoms with Gasteiger partial charge in [-0.15, -0.1) is 0 Å². The third-order valence-electron chi connectivity index (χ3n) is 5.77. The number of rotatable bonds is 6. The fourth-order valence-electron chi connectivity index (χ4n) is 4.09. The molecule has 4 aromatic rings. The van der Waals surface area contributed by atoms with Crippen molar-refractivity contribution in [1.82, 2.24) is 4.90 Å². The fraction of sp³-hybridized carbons (Fsp3) is 0.0370. The van der Waals surface area contributed by atoms with Gasteiger partial charge < -0.3 is 5.32 Å². The minimum Gasteiger partial charge on any atom is -0.350 e. The van der Waals surface area contributed by atoms with Gasteiger partial charge >= 0.3 is 0 Å². The van der Waals surface area contributed by atoms with E-state index in [0.29, 0.717) is 11.3 Å². The molecule has 0 fully saturated rings. The van der Waals surface area contributed by atoms with Crippen molar-refractivity contribution in [1.29, 1.82) is 0 Å². The Hall–Kier alpha value is -4.78. The molecule has 0 saturated heterocycles.